The molecule has 0 fully saturated rings. The van der Waals surface area contributed by atoms with Gasteiger partial charge >= 0.3 is 13.1 Å². The number of carboxylic acids is 1. The van der Waals surface area contributed by atoms with Gasteiger partial charge in [0.25, 0.3) is 0 Å². The highest BCUT2D eigenvalue weighted by Crippen LogP contribution is 2.30. The molecule has 2 heterocycles. The zero-order chi connectivity index (χ0) is 22.6. The largest absolute Gasteiger partial charge is 0.547 e. The lowest BCUT2D eigenvalue weighted by molar-refractivity contribution is -0.122. The number of rotatable bonds is 9. The van der Waals surface area contributed by atoms with Crippen molar-refractivity contribution < 1.29 is 32.8 Å². The highest BCUT2D eigenvalue weighted by atomic mass is 32.2. The van der Waals surface area contributed by atoms with Gasteiger partial charge in [-0.3, -0.25) is 4.79 Å². The van der Waals surface area contributed by atoms with Crippen molar-refractivity contribution in [3.05, 3.63) is 41.2 Å². The van der Waals surface area contributed by atoms with Crippen LogP contribution in [0.2, 0.25) is 0 Å². The highest BCUT2D eigenvalue weighted by molar-refractivity contribution is 7.89. The van der Waals surface area contributed by atoms with Crippen molar-refractivity contribution in [2.75, 3.05) is 12.3 Å². The van der Waals surface area contributed by atoms with Gasteiger partial charge in [0.05, 0.1) is 35.7 Å². The average Bonchev–Trinajstić information content (AvgIpc) is 3.13. The van der Waals surface area contributed by atoms with E-state index in [0.717, 1.165) is 4.80 Å². The number of nitrogens with zero attached hydrogens (tertiary/aromatic N) is 3. The lowest BCUT2D eigenvalue weighted by Gasteiger charge is -2.28. The van der Waals surface area contributed by atoms with Crippen molar-refractivity contribution in [1.82, 2.24) is 25.0 Å². The number of aromatic nitrogens is 3. The van der Waals surface area contributed by atoms with Crippen LogP contribution in [0.15, 0.2) is 24.4 Å². The van der Waals surface area contributed by atoms with Crippen molar-refractivity contribution in [1.29, 1.82) is 0 Å². The summed E-state index contributed by atoms with van der Waals surface area (Å²) in [6.07, 6.45) is 1.49. The van der Waals surface area contributed by atoms with E-state index < -0.39 is 35.0 Å². The number of nitrogens with one attached hydrogen (secondary N) is 2. The molecule has 6 N–H and O–H groups in total. The van der Waals surface area contributed by atoms with E-state index in [-0.39, 0.29) is 43.1 Å². The van der Waals surface area contributed by atoms with Crippen LogP contribution in [0, 0.1) is 0 Å². The van der Waals surface area contributed by atoms with Crippen molar-refractivity contribution in [2.45, 2.75) is 25.5 Å². The van der Waals surface area contributed by atoms with Gasteiger partial charge in [0.15, 0.2) is 0 Å². The van der Waals surface area contributed by atoms with Gasteiger partial charge in [-0.25, -0.2) is 17.9 Å². The normalized spacial score (nSPS) is 15.8. The minimum atomic E-state index is -3.51. The molecular formula is C16H21BN6O7S. The number of carbonyl (C=O) groups excluding carboxylic acids is 1. The third-order valence-corrected chi connectivity index (χ3v) is 5.78. The zero-order valence-corrected chi connectivity index (χ0v) is 17.1. The maximum absolute atomic E-state index is 12.3. The molecule has 0 saturated heterocycles. The molecule has 2 aromatic rings. The Hall–Kier alpha value is -3.01. The molecule has 0 bridgehead atoms. The summed E-state index contributed by atoms with van der Waals surface area (Å²) in [7, 11) is -4.95. The number of carboxylic acid groups (broad SMARTS) is 1. The molecule has 1 aromatic heterocycles. The van der Waals surface area contributed by atoms with Gasteiger partial charge in [0.1, 0.15) is 12.3 Å². The lowest BCUT2D eigenvalue weighted by Crippen LogP contribution is -2.53. The van der Waals surface area contributed by atoms with E-state index in [2.05, 4.69) is 20.2 Å². The molecule has 1 aliphatic rings. The second-order valence-electron chi connectivity index (χ2n) is 6.78. The number of aromatic carboxylic acids is 1. The summed E-state index contributed by atoms with van der Waals surface area (Å²) < 4.78 is 30.9. The molecule has 31 heavy (non-hydrogen) atoms. The summed E-state index contributed by atoms with van der Waals surface area (Å²) >= 11 is 0. The van der Waals surface area contributed by atoms with Crippen LogP contribution in [0.1, 0.15) is 21.6 Å². The van der Waals surface area contributed by atoms with Gasteiger partial charge in [0.2, 0.25) is 15.9 Å². The van der Waals surface area contributed by atoms with E-state index in [1.165, 1.54) is 12.3 Å². The van der Waals surface area contributed by atoms with Gasteiger partial charge in [0, 0.05) is 6.54 Å². The predicted molar refractivity (Wildman–Crippen MR) is 107 cm³/mol. The summed E-state index contributed by atoms with van der Waals surface area (Å²) in [5, 5.41) is 29.9. The number of benzene rings is 1. The number of nitrogens with two attached hydrogens (primary N) is 1. The van der Waals surface area contributed by atoms with E-state index in [9.17, 15) is 28.1 Å². The molecule has 1 aromatic carbocycles. The molecule has 0 saturated carbocycles. The Bertz CT molecular complexity index is 1080. The number of para-hydroxylation sites is 1. The van der Waals surface area contributed by atoms with Crippen LogP contribution in [0.4, 0.5) is 0 Å². The molecular weight excluding hydrogens is 431 g/mol. The van der Waals surface area contributed by atoms with Crippen molar-refractivity contribution in [3.8, 4) is 5.75 Å². The Kier molecular flexibility index (Phi) is 6.89. The molecule has 15 heteroatoms. The van der Waals surface area contributed by atoms with Crippen molar-refractivity contribution in [2.24, 2.45) is 5.73 Å². The van der Waals surface area contributed by atoms with Gasteiger partial charge in [-0.2, -0.15) is 15.0 Å². The lowest BCUT2D eigenvalue weighted by atomic mass is 9.72. The number of hydrogen-bond acceptors (Lipinski definition) is 9. The summed E-state index contributed by atoms with van der Waals surface area (Å²) in [6.45, 7) is -0.385. The quantitative estimate of drug-likeness (QED) is 0.253. The fourth-order valence-electron chi connectivity index (χ4n) is 3.00. The van der Waals surface area contributed by atoms with Gasteiger partial charge in [-0.05, 0) is 18.1 Å². The molecule has 0 aliphatic carbocycles. The zero-order valence-electron chi connectivity index (χ0n) is 16.3. The molecule has 13 nitrogen and oxygen atoms in total. The Labute approximate surface area is 177 Å². The predicted octanol–water partition coefficient (Wildman–Crippen LogP) is -2.51. The third-order valence-electron chi connectivity index (χ3n) is 4.42. The smallest absolute Gasteiger partial charge is 0.534 e. The van der Waals surface area contributed by atoms with Gasteiger partial charge < -0.3 is 25.8 Å². The van der Waals surface area contributed by atoms with E-state index in [4.69, 9.17) is 10.4 Å². The number of fused-ring (bicyclic) bond motifs is 1. The summed E-state index contributed by atoms with van der Waals surface area (Å²) in [5.74, 6) is -2.65. The minimum absolute atomic E-state index is 0.0129. The summed E-state index contributed by atoms with van der Waals surface area (Å²) in [6, 6.07) is 4.57. The Morgan fingerprint density at radius 1 is 1.39 bits per heavy atom. The molecule has 0 unspecified atom stereocenters. The van der Waals surface area contributed by atoms with Crippen LogP contribution < -0.4 is 20.4 Å². The van der Waals surface area contributed by atoms with Crippen molar-refractivity contribution >= 4 is 29.0 Å². The van der Waals surface area contributed by atoms with Crippen LogP contribution in [-0.2, 0) is 34.3 Å². The van der Waals surface area contributed by atoms with E-state index >= 15 is 0 Å². The molecule has 1 atom stereocenters. The first-order chi connectivity index (χ1) is 14.7. The van der Waals surface area contributed by atoms with Crippen LogP contribution in [0.5, 0.6) is 5.75 Å². The minimum Gasteiger partial charge on any atom is -0.534 e. The van der Waals surface area contributed by atoms with E-state index in [1.54, 1.807) is 12.1 Å². The Morgan fingerprint density at radius 2 is 2.16 bits per heavy atom. The SMILES string of the molecule is NCCS(=O)(=O)NCc1cnn(CC(=O)N[C@H]2Cc3cccc(C(=O)O)c3OB2O)n1. The second kappa shape index (κ2) is 9.42. The van der Waals surface area contributed by atoms with Gasteiger partial charge in [-0.1, -0.05) is 12.1 Å². The fourth-order valence-corrected chi connectivity index (χ4v) is 3.82. The molecule has 166 valence electrons. The molecule has 0 spiro atoms. The number of amides is 1. The third kappa shape index (κ3) is 5.78. The fraction of sp³-hybridized carbons (Fsp3) is 0.375. The maximum atomic E-state index is 12.3. The molecule has 0 radical (unpaired) electrons. The van der Waals surface area contributed by atoms with Crippen LogP contribution in [-0.4, -0.2) is 70.8 Å². The molecule has 1 amide bonds. The molecule has 3 rings (SSSR count). The Balaban J connectivity index is 1.57. The average molecular weight is 452 g/mol. The van der Waals surface area contributed by atoms with E-state index in [1.807, 2.05) is 0 Å². The second-order valence-corrected chi connectivity index (χ2v) is 8.71. The molecule has 1 aliphatic heterocycles. The highest BCUT2D eigenvalue weighted by Gasteiger charge is 2.37. The van der Waals surface area contributed by atoms with Crippen LogP contribution in [0.3, 0.4) is 0 Å². The first-order valence-corrected chi connectivity index (χ1v) is 10.9. The number of hydrogen-bond donors (Lipinski definition) is 5. The topological polar surface area (TPSA) is 199 Å². The first kappa shape index (κ1) is 22.7. The number of carbonyl (C=O) groups is 2. The van der Waals surface area contributed by atoms with Crippen LogP contribution >= 0.6 is 0 Å². The monoisotopic (exact) mass is 452 g/mol. The van der Waals surface area contributed by atoms with Crippen LogP contribution in [0.25, 0.3) is 0 Å². The van der Waals surface area contributed by atoms with E-state index in [0.29, 0.717) is 11.3 Å². The summed E-state index contributed by atoms with van der Waals surface area (Å²) in [5.41, 5.74) is 6.01. The number of sulfonamides is 1. The standard InChI is InChI=1S/C16H21BN6O7S/c18-4-5-31(28,29)20-8-11-7-19-23(22-11)9-14(24)21-13-6-10-2-1-3-12(16(25)26)15(10)30-17(13)27/h1-3,7,13,20,27H,4-6,8-9,18H2,(H,21,24)(H,25,26)/t13-/m0/s1. The van der Waals surface area contributed by atoms with Gasteiger partial charge in [-0.15, -0.1) is 0 Å². The Morgan fingerprint density at radius 3 is 2.87 bits per heavy atom. The summed E-state index contributed by atoms with van der Waals surface area (Å²) in [4.78, 5) is 24.7. The van der Waals surface area contributed by atoms with Crippen molar-refractivity contribution in [3.63, 3.8) is 0 Å². The first-order valence-electron chi connectivity index (χ1n) is 9.24. The maximum Gasteiger partial charge on any atom is 0.547 e.